The van der Waals surface area contributed by atoms with E-state index in [1.807, 2.05) is 0 Å². The lowest BCUT2D eigenvalue weighted by atomic mass is 10.0. The number of allylic oxidation sites excluding steroid dienone is 6. The zero-order valence-corrected chi connectivity index (χ0v) is 27.5. The Bertz CT molecular complexity index is 778. The van der Waals surface area contributed by atoms with Crippen molar-refractivity contribution < 1.29 is 24.2 Å². The molecule has 2 unspecified atom stereocenters. The molecule has 0 bridgehead atoms. The Hall–Kier alpha value is -2.41. The minimum Gasteiger partial charge on any atom is -0.480 e. The summed E-state index contributed by atoms with van der Waals surface area (Å²) in [5.41, 5.74) is 5.46. The van der Waals surface area contributed by atoms with Crippen LogP contribution in [0.25, 0.3) is 0 Å². The Balaban J connectivity index is 4.14. The Morgan fingerprint density at radius 2 is 1.28 bits per heavy atom. The van der Waals surface area contributed by atoms with Crippen LogP contribution in [0.5, 0.6) is 0 Å². The number of hydrogen-bond donors (Lipinski definition) is 3. The second kappa shape index (κ2) is 31.0. The van der Waals surface area contributed by atoms with Crippen LogP contribution in [0.15, 0.2) is 36.5 Å². The molecule has 0 aromatic heterocycles. The van der Waals surface area contributed by atoms with E-state index in [0.717, 1.165) is 83.5 Å². The number of carbonyl (C=O) groups excluding carboxylic acids is 2. The fraction of sp³-hybridized carbons (Fsp3) is 0.750. The molecule has 43 heavy (non-hydrogen) atoms. The molecule has 0 rings (SSSR count). The van der Waals surface area contributed by atoms with Crippen LogP contribution in [0, 0.1) is 0 Å². The second-order valence-electron chi connectivity index (χ2n) is 11.6. The van der Waals surface area contributed by atoms with Gasteiger partial charge >= 0.3 is 11.9 Å². The number of aliphatic carboxylic acids is 1. The monoisotopic (exact) mass is 604 g/mol. The van der Waals surface area contributed by atoms with Crippen LogP contribution in [-0.2, 0) is 19.1 Å². The highest BCUT2D eigenvalue weighted by Crippen LogP contribution is 2.17. The SMILES string of the molecule is CC/C=C\C/C=C\C/C=C\CCCCCCCC(=O)OC(CCCCCC)CCCCCC(=O)NC(CCCN)C(=O)O. The third-order valence-electron chi connectivity index (χ3n) is 7.47. The first-order valence-electron chi connectivity index (χ1n) is 17.3. The van der Waals surface area contributed by atoms with E-state index < -0.39 is 12.0 Å². The van der Waals surface area contributed by atoms with Crippen molar-refractivity contribution in [3.05, 3.63) is 36.5 Å². The van der Waals surface area contributed by atoms with E-state index in [1.165, 1.54) is 25.7 Å². The molecule has 0 aliphatic carbocycles. The molecule has 7 heteroatoms. The van der Waals surface area contributed by atoms with Crippen molar-refractivity contribution in [3.8, 4) is 0 Å². The van der Waals surface area contributed by atoms with Crippen LogP contribution in [-0.4, -0.2) is 41.6 Å². The average molecular weight is 605 g/mol. The quantitative estimate of drug-likeness (QED) is 0.0429. The fourth-order valence-electron chi connectivity index (χ4n) is 4.87. The lowest BCUT2D eigenvalue weighted by Gasteiger charge is -2.18. The van der Waals surface area contributed by atoms with E-state index in [2.05, 4.69) is 55.6 Å². The smallest absolute Gasteiger partial charge is 0.326 e. The summed E-state index contributed by atoms with van der Waals surface area (Å²) in [7, 11) is 0. The van der Waals surface area contributed by atoms with Crippen molar-refractivity contribution >= 4 is 17.8 Å². The van der Waals surface area contributed by atoms with Crippen LogP contribution in [0.4, 0.5) is 0 Å². The van der Waals surface area contributed by atoms with Gasteiger partial charge in [0.25, 0.3) is 0 Å². The summed E-state index contributed by atoms with van der Waals surface area (Å²) in [5.74, 6) is -1.34. The van der Waals surface area contributed by atoms with Crippen LogP contribution in [0.3, 0.4) is 0 Å². The second-order valence-corrected chi connectivity index (χ2v) is 11.6. The maximum absolute atomic E-state index is 12.5. The summed E-state index contributed by atoms with van der Waals surface area (Å²) in [5, 5.41) is 11.9. The first-order chi connectivity index (χ1) is 20.9. The maximum Gasteiger partial charge on any atom is 0.326 e. The van der Waals surface area contributed by atoms with Gasteiger partial charge in [0.2, 0.25) is 5.91 Å². The van der Waals surface area contributed by atoms with Crippen molar-refractivity contribution in [1.29, 1.82) is 0 Å². The highest BCUT2D eigenvalue weighted by Gasteiger charge is 2.19. The molecule has 0 aliphatic rings. The molecule has 0 aromatic carbocycles. The van der Waals surface area contributed by atoms with Gasteiger partial charge in [-0.15, -0.1) is 0 Å². The molecule has 0 saturated carbocycles. The zero-order chi connectivity index (χ0) is 31.8. The number of carboxylic acid groups (broad SMARTS) is 1. The van der Waals surface area contributed by atoms with E-state index in [0.29, 0.717) is 38.6 Å². The van der Waals surface area contributed by atoms with Crippen molar-refractivity contribution in [2.75, 3.05) is 6.54 Å². The summed E-state index contributed by atoms with van der Waals surface area (Å²) >= 11 is 0. The maximum atomic E-state index is 12.5. The van der Waals surface area contributed by atoms with Crippen molar-refractivity contribution in [3.63, 3.8) is 0 Å². The Morgan fingerprint density at radius 1 is 0.698 bits per heavy atom. The molecular weight excluding hydrogens is 540 g/mol. The summed E-state index contributed by atoms with van der Waals surface area (Å²) in [4.78, 5) is 36.0. The van der Waals surface area contributed by atoms with Gasteiger partial charge < -0.3 is 20.9 Å². The third kappa shape index (κ3) is 28.1. The van der Waals surface area contributed by atoms with Crippen molar-refractivity contribution in [1.82, 2.24) is 5.32 Å². The molecule has 0 heterocycles. The van der Waals surface area contributed by atoms with Crippen LogP contribution in [0.1, 0.15) is 155 Å². The Morgan fingerprint density at radius 3 is 1.93 bits per heavy atom. The van der Waals surface area contributed by atoms with Crippen LogP contribution in [0.2, 0.25) is 0 Å². The average Bonchev–Trinajstić information content (AvgIpc) is 2.98. The highest BCUT2D eigenvalue weighted by molar-refractivity contribution is 5.83. The van der Waals surface area contributed by atoms with Gasteiger partial charge in [0.05, 0.1) is 0 Å². The number of nitrogens with one attached hydrogen (secondary N) is 1. The molecule has 0 radical (unpaired) electrons. The molecule has 2 atom stereocenters. The van der Waals surface area contributed by atoms with Crippen molar-refractivity contribution in [2.24, 2.45) is 5.73 Å². The predicted molar refractivity (Wildman–Crippen MR) is 179 cm³/mol. The zero-order valence-electron chi connectivity index (χ0n) is 27.5. The number of hydrogen-bond acceptors (Lipinski definition) is 5. The molecule has 0 fully saturated rings. The molecule has 0 aliphatic heterocycles. The number of carboxylic acids is 1. The normalized spacial score (nSPS) is 13.2. The molecule has 248 valence electrons. The summed E-state index contributed by atoms with van der Waals surface area (Å²) in [6.45, 7) is 4.74. The van der Waals surface area contributed by atoms with Crippen LogP contribution < -0.4 is 11.1 Å². The summed E-state index contributed by atoms with van der Waals surface area (Å²) in [6.07, 6.45) is 33.4. The number of carbonyl (C=O) groups is 3. The lowest BCUT2D eigenvalue weighted by Crippen LogP contribution is -2.40. The van der Waals surface area contributed by atoms with Crippen LogP contribution >= 0.6 is 0 Å². The first kappa shape index (κ1) is 40.6. The number of ether oxygens (including phenoxy) is 1. The number of unbranched alkanes of at least 4 members (excludes halogenated alkanes) is 10. The van der Waals surface area contributed by atoms with Gasteiger partial charge in [0, 0.05) is 12.8 Å². The van der Waals surface area contributed by atoms with Gasteiger partial charge in [0.15, 0.2) is 0 Å². The van der Waals surface area contributed by atoms with E-state index in [9.17, 15) is 19.5 Å². The van der Waals surface area contributed by atoms with Gasteiger partial charge in [0.1, 0.15) is 12.1 Å². The summed E-state index contributed by atoms with van der Waals surface area (Å²) < 4.78 is 5.88. The minimum atomic E-state index is -1.02. The standard InChI is InChI=1S/C36H64N2O5/c1-3-5-7-9-10-11-12-13-14-15-16-17-18-19-24-30-35(40)43-32(26-21-8-6-4-2)27-22-20-23-29-34(39)38-33(36(41)42)28-25-31-37/h5,7,10-11,13-14,32-33H,3-4,6,8-9,12,15-31,37H2,1-2H3,(H,38,39)(H,41,42)/b7-5-,11-10-,14-13-. The molecule has 0 aromatic rings. The van der Waals surface area contributed by atoms with Gasteiger partial charge in [-0.2, -0.15) is 0 Å². The Kier molecular flexibility index (Phi) is 29.3. The fourth-order valence-corrected chi connectivity index (χ4v) is 4.87. The number of nitrogens with two attached hydrogens (primary N) is 1. The molecule has 1 amide bonds. The first-order valence-corrected chi connectivity index (χ1v) is 17.3. The van der Waals surface area contributed by atoms with E-state index in [-0.39, 0.29) is 18.0 Å². The van der Waals surface area contributed by atoms with E-state index in [1.54, 1.807) is 0 Å². The summed E-state index contributed by atoms with van der Waals surface area (Å²) in [6, 6.07) is -0.874. The van der Waals surface area contributed by atoms with Gasteiger partial charge in [-0.1, -0.05) is 95.2 Å². The van der Waals surface area contributed by atoms with E-state index in [4.69, 9.17) is 10.5 Å². The molecule has 0 saturated heterocycles. The third-order valence-corrected chi connectivity index (χ3v) is 7.47. The largest absolute Gasteiger partial charge is 0.480 e. The van der Waals surface area contributed by atoms with E-state index >= 15 is 0 Å². The predicted octanol–water partition coefficient (Wildman–Crippen LogP) is 8.72. The molecule has 0 spiro atoms. The molecular formula is C36H64N2O5. The minimum absolute atomic E-state index is 0.0553. The number of esters is 1. The topological polar surface area (TPSA) is 119 Å². The highest BCUT2D eigenvalue weighted by atomic mass is 16.5. The van der Waals surface area contributed by atoms with Gasteiger partial charge in [-0.3, -0.25) is 9.59 Å². The van der Waals surface area contributed by atoms with Gasteiger partial charge in [-0.05, 0) is 90.0 Å². The van der Waals surface area contributed by atoms with Crippen molar-refractivity contribution in [2.45, 2.75) is 167 Å². The number of rotatable bonds is 30. The van der Waals surface area contributed by atoms with Gasteiger partial charge in [-0.25, -0.2) is 4.79 Å². The Labute approximate surface area is 263 Å². The molecule has 7 nitrogen and oxygen atoms in total. The lowest BCUT2D eigenvalue weighted by molar-refractivity contribution is -0.150. The number of amides is 1. The molecule has 4 N–H and O–H groups in total.